The normalized spacial score (nSPS) is 15.0. The molecular weight excluding hydrogens is 330 g/mol. The van der Waals surface area contributed by atoms with Crippen LogP contribution in [0.1, 0.15) is 54.5 Å². The fourth-order valence-electron chi connectivity index (χ4n) is 3.36. The van der Waals surface area contributed by atoms with Gasteiger partial charge in [0, 0.05) is 11.1 Å². The van der Waals surface area contributed by atoms with Crippen LogP contribution in [0.15, 0.2) is 48.5 Å². The molecule has 0 fully saturated rings. The van der Waals surface area contributed by atoms with Gasteiger partial charge in [0.1, 0.15) is 0 Å². The van der Waals surface area contributed by atoms with Gasteiger partial charge in [-0.15, -0.1) is 0 Å². The lowest BCUT2D eigenvalue weighted by atomic mass is 9.89. The molecule has 25 heavy (non-hydrogen) atoms. The molecule has 0 heterocycles. The molecule has 2 aromatic carbocycles. The molecule has 1 N–H and O–H groups in total. The van der Waals surface area contributed by atoms with Gasteiger partial charge >= 0.3 is 0 Å². The maximum absolute atomic E-state index is 12.3. The van der Waals surface area contributed by atoms with Gasteiger partial charge in [-0.3, -0.25) is 4.79 Å². The molecule has 0 bridgehead atoms. The summed E-state index contributed by atoms with van der Waals surface area (Å²) in [4.78, 5) is 12.3. The van der Waals surface area contributed by atoms with Crippen LogP contribution < -0.4 is 5.32 Å². The van der Waals surface area contributed by atoms with Crippen LogP contribution in [0, 0.1) is 0 Å². The minimum atomic E-state index is -0.0699. The Balaban J connectivity index is 1.67. The number of carbonyl (C=O) groups excluding carboxylic acids is 1. The fraction of sp³-hybridized carbons (Fsp3) is 0.318. The molecule has 0 unspecified atom stereocenters. The highest BCUT2D eigenvalue weighted by Gasteiger charge is 2.15. The van der Waals surface area contributed by atoms with Crippen molar-refractivity contribution in [1.82, 2.24) is 5.32 Å². The van der Waals surface area contributed by atoms with Crippen molar-refractivity contribution >= 4 is 23.6 Å². The molecule has 3 heteroatoms. The van der Waals surface area contributed by atoms with Crippen molar-refractivity contribution < 1.29 is 4.79 Å². The van der Waals surface area contributed by atoms with Gasteiger partial charge in [0.05, 0.1) is 6.04 Å². The van der Waals surface area contributed by atoms with E-state index in [1.165, 1.54) is 36.0 Å². The van der Waals surface area contributed by atoms with E-state index in [4.69, 9.17) is 11.6 Å². The Bertz CT molecular complexity index is 764. The van der Waals surface area contributed by atoms with Crippen LogP contribution in [0.25, 0.3) is 6.08 Å². The van der Waals surface area contributed by atoms with Gasteiger partial charge < -0.3 is 5.32 Å². The molecule has 1 atom stereocenters. The topological polar surface area (TPSA) is 29.1 Å². The van der Waals surface area contributed by atoms with Crippen molar-refractivity contribution in [2.24, 2.45) is 0 Å². The van der Waals surface area contributed by atoms with E-state index in [1.54, 1.807) is 6.08 Å². The summed E-state index contributed by atoms with van der Waals surface area (Å²) in [6, 6.07) is 14.2. The minimum absolute atomic E-state index is 0.0506. The third-order valence-electron chi connectivity index (χ3n) is 4.80. The highest BCUT2D eigenvalue weighted by molar-refractivity contribution is 6.30. The molecule has 0 spiro atoms. The van der Waals surface area contributed by atoms with Crippen LogP contribution in [0.4, 0.5) is 0 Å². The predicted octanol–water partition coefficient (Wildman–Crippen LogP) is 5.50. The molecule has 0 saturated heterocycles. The van der Waals surface area contributed by atoms with E-state index in [9.17, 15) is 4.79 Å². The minimum Gasteiger partial charge on any atom is -0.346 e. The van der Waals surface area contributed by atoms with Crippen molar-refractivity contribution in [3.05, 3.63) is 75.8 Å². The van der Waals surface area contributed by atoms with Crippen molar-refractivity contribution in [1.29, 1.82) is 0 Å². The summed E-state index contributed by atoms with van der Waals surface area (Å²) in [7, 11) is 0. The number of hydrogen-bond donors (Lipinski definition) is 1. The molecule has 0 aromatic heterocycles. The molecule has 0 saturated carbocycles. The summed E-state index contributed by atoms with van der Waals surface area (Å²) >= 11 is 5.88. The van der Waals surface area contributed by atoms with E-state index in [0.717, 1.165) is 18.4 Å². The Labute approximate surface area is 154 Å². The van der Waals surface area contributed by atoms with E-state index in [1.807, 2.05) is 30.3 Å². The van der Waals surface area contributed by atoms with Crippen molar-refractivity contribution in [2.45, 2.75) is 45.1 Å². The van der Waals surface area contributed by atoms with E-state index in [0.29, 0.717) is 5.02 Å². The number of hydrogen-bond acceptors (Lipinski definition) is 1. The van der Waals surface area contributed by atoms with Gasteiger partial charge in [-0.2, -0.15) is 0 Å². The van der Waals surface area contributed by atoms with Gasteiger partial charge in [-0.1, -0.05) is 48.9 Å². The maximum atomic E-state index is 12.3. The second-order valence-electron chi connectivity index (χ2n) is 6.59. The summed E-state index contributed by atoms with van der Waals surface area (Å²) in [6.07, 6.45) is 9.17. The Kier molecular flexibility index (Phi) is 5.93. The van der Waals surface area contributed by atoms with Crippen molar-refractivity contribution in [2.75, 3.05) is 0 Å². The molecule has 1 aliphatic rings. The first-order chi connectivity index (χ1) is 12.2. The lowest BCUT2D eigenvalue weighted by Gasteiger charge is -2.21. The SMILES string of the molecule is CC[C@H](NC(=O)/C=C/c1ccc(Cl)cc1)c1ccc2c(c1)CCCC2. The average Bonchev–Trinajstić information content (AvgIpc) is 2.65. The zero-order valence-corrected chi connectivity index (χ0v) is 15.4. The highest BCUT2D eigenvalue weighted by atomic mass is 35.5. The van der Waals surface area contributed by atoms with Gasteiger partial charge in [0.2, 0.25) is 5.91 Å². The van der Waals surface area contributed by atoms with Gasteiger partial charge in [0.15, 0.2) is 0 Å². The molecule has 2 nitrogen and oxygen atoms in total. The lowest BCUT2D eigenvalue weighted by molar-refractivity contribution is -0.117. The second-order valence-corrected chi connectivity index (χ2v) is 7.03. The van der Waals surface area contributed by atoms with E-state index in [2.05, 4.69) is 30.4 Å². The maximum Gasteiger partial charge on any atom is 0.244 e. The Morgan fingerprint density at radius 2 is 1.84 bits per heavy atom. The van der Waals surface area contributed by atoms with Gasteiger partial charge in [-0.25, -0.2) is 0 Å². The van der Waals surface area contributed by atoms with E-state index >= 15 is 0 Å². The third-order valence-corrected chi connectivity index (χ3v) is 5.05. The van der Waals surface area contributed by atoms with Crippen LogP contribution in [0.3, 0.4) is 0 Å². The number of nitrogens with one attached hydrogen (secondary N) is 1. The summed E-state index contributed by atoms with van der Waals surface area (Å²) in [5, 5.41) is 3.81. The highest BCUT2D eigenvalue weighted by Crippen LogP contribution is 2.26. The smallest absolute Gasteiger partial charge is 0.244 e. The van der Waals surface area contributed by atoms with E-state index in [-0.39, 0.29) is 11.9 Å². The second kappa shape index (κ2) is 8.35. The largest absolute Gasteiger partial charge is 0.346 e. The summed E-state index contributed by atoms with van der Waals surface area (Å²) in [6.45, 7) is 2.10. The van der Waals surface area contributed by atoms with Crippen molar-refractivity contribution in [3.63, 3.8) is 0 Å². The summed E-state index contributed by atoms with van der Waals surface area (Å²) < 4.78 is 0. The number of carbonyl (C=O) groups is 1. The molecule has 0 aliphatic heterocycles. The first-order valence-corrected chi connectivity index (χ1v) is 9.39. The monoisotopic (exact) mass is 353 g/mol. The number of halogens is 1. The van der Waals surface area contributed by atoms with Gasteiger partial charge in [-0.05, 0) is 72.6 Å². The molecule has 130 valence electrons. The Hall–Kier alpha value is -2.06. The number of fused-ring (bicyclic) bond motifs is 1. The van der Waals surface area contributed by atoms with Crippen LogP contribution in [-0.4, -0.2) is 5.91 Å². The Morgan fingerprint density at radius 3 is 2.56 bits per heavy atom. The standard InChI is InChI=1S/C22H24ClNO/c1-2-21(19-11-10-17-5-3-4-6-18(17)15-19)24-22(25)14-9-16-7-12-20(23)13-8-16/h7-15,21H,2-6H2,1H3,(H,24,25)/b14-9+/t21-/m0/s1. The number of aryl methyl sites for hydroxylation is 2. The zero-order chi connectivity index (χ0) is 17.6. The molecule has 1 amide bonds. The Morgan fingerprint density at radius 1 is 1.12 bits per heavy atom. The van der Waals surface area contributed by atoms with E-state index < -0.39 is 0 Å². The number of benzene rings is 2. The first kappa shape index (κ1) is 17.8. The molecule has 0 radical (unpaired) electrons. The molecule has 1 aliphatic carbocycles. The van der Waals surface area contributed by atoms with Crippen LogP contribution >= 0.6 is 11.6 Å². The third kappa shape index (κ3) is 4.73. The summed E-state index contributed by atoms with van der Waals surface area (Å²) in [5.41, 5.74) is 5.09. The van der Waals surface area contributed by atoms with Crippen LogP contribution in [-0.2, 0) is 17.6 Å². The zero-order valence-electron chi connectivity index (χ0n) is 14.6. The van der Waals surface area contributed by atoms with Crippen LogP contribution in [0.5, 0.6) is 0 Å². The fourth-order valence-corrected chi connectivity index (χ4v) is 3.48. The molecule has 3 rings (SSSR count). The van der Waals surface area contributed by atoms with Gasteiger partial charge in [0.25, 0.3) is 0 Å². The predicted molar refractivity (Wildman–Crippen MR) is 105 cm³/mol. The summed E-state index contributed by atoms with van der Waals surface area (Å²) in [5.74, 6) is -0.0699. The first-order valence-electron chi connectivity index (χ1n) is 9.01. The quantitative estimate of drug-likeness (QED) is 0.706. The molecular formula is C22H24ClNO. The van der Waals surface area contributed by atoms with Crippen LogP contribution in [0.2, 0.25) is 5.02 Å². The van der Waals surface area contributed by atoms with Crippen molar-refractivity contribution in [3.8, 4) is 0 Å². The average molecular weight is 354 g/mol. The number of amides is 1. The lowest BCUT2D eigenvalue weighted by Crippen LogP contribution is -2.26. The number of rotatable bonds is 5. The molecule has 2 aromatic rings.